The normalized spacial score (nSPS) is 18.0. The van der Waals surface area contributed by atoms with E-state index in [1.165, 1.54) is 0 Å². The standard InChI is InChI=1S/C17H19ClN2O/c1-17(2,3)14-10-15(18)20-16(19-14)12-8-9-21-13-7-5-4-6-11(12)13/h4-7,10,12H,8-9H2,1-3H3. The van der Waals surface area contributed by atoms with Gasteiger partial charge in [0.15, 0.2) is 0 Å². The Labute approximate surface area is 130 Å². The first-order valence-electron chi connectivity index (χ1n) is 7.22. The predicted octanol–water partition coefficient (Wildman–Crippen LogP) is 4.34. The Bertz CT molecular complexity index is 664. The Morgan fingerprint density at radius 2 is 1.95 bits per heavy atom. The molecular formula is C17H19ClN2O. The number of para-hydroxylation sites is 1. The monoisotopic (exact) mass is 302 g/mol. The Hall–Kier alpha value is -1.61. The highest BCUT2D eigenvalue weighted by molar-refractivity contribution is 6.29. The van der Waals surface area contributed by atoms with Gasteiger partial charge in [0.2, 0.25) is 0 Å². The van der Waals surface area contributed by atoms with E-state index >= 15 is 0 Å². The van der Waals surface area contributed by atoms with Crippen LogP contribution in [-0.2, 0) is 5.41 Å². The van der Waals surface area contributed by atoms with Crippen LogP contribution in [0, 0.1) is 0 Å². The van der Waals surface area contributed by atoms with Crippen molar-refractivity contribution in [3.8, 4) is 5.75 Å². The van der Waals surface area contributed by atoms with Gasteiger partial charge in [-0.25, -0.2) is 9.97 Å². The van der Waals surface area contributed by atoms with Crippen LogP contribution in [0.2, 0.25) is 5.15 Å². The second-order valence-electron chi connectivity index (χ2n) is 6.41. The molecule has 1 atom stereocenters. The molecule has 3 nitrogen and oxygen atoms in total. The molecule has 0 N–H and O–H groups in total. The van der Waals surface area contributed by atoms with E-state index in [0.29, 0.717) is 11.8 Å². The summed E-state index contributed by atoms with van der Waals surface area (Å²) in [5.74, 6) is 1.87. The van der Waals surface area contributed by atoms with Gasteiger partial charge in [-0.15, -0.1) is 0 Å². The Morgan fingerprint density at radius 1 is 1.19 bits per heavy atom. The maximum absolute atomic E-state index is 6.22. The van der Waals surface area contributed by atoms with E-state index in [9.17, 15) is 0 Å². The van der Waals surface area contributed by atoms with Crippen molar-refractivity contribution < 1.29 is 4.74 Å². The van der Waals surface area contributed by atoms with Gasteiger partial charge >= 0.3 is 0 Å². The first kappa shape index (κ1) is 14.3. The number of hydrogen-bond donors (Lipinski definition) is 0. The third-order valence-corrected chi connectivity index (χ3v) is 3.94. The zero-order chi connectivity index (χ0) is 15.0. The molecule has 3 rings (SSSR count). The largest absolute Gasteiger partial charge is 0.493 e. The number of hydrogen-bond acceptors (Lipinski definition) is 3. The predicted molar refractivity (Wildman–Crippen MR) is 84.1 cm³/mol. The summed E-state index contributed by atoms with van der Waals surface area (Å²) in [5, 5.41) is 0.508. The van der Waals surface area contributed by atoms with E-state index in [-0.39, 0.29) is 11.3 Å². The molecule has 1 aromatic heterocycles. The maximum Gasteiger partial charge on any atom is 0.138 e. The minimum Gasteiger partial charge on any atom is -0.493 e. The molecular weight excluding hydrogens is 284 g/mol. The molecule has 1 aromatic carbocycles. The average Bonchev–Trinajstić information content (AvgIpc) is 2.45. The van der Waals surface area contributed by atoms with Gasteiger partial charge in [-0.3, -0.25) is 0 Å². The molecule has 21 heavy (non-hydrogen) atoms. The SMILES string of the molecule is CC(C)(C)c1cc(Cl)nc(C2CCOc3ccccc32)n1. The fourth-order valence-electron chi connectivity index (χ4n) is 2.59. The van der Waals surface area contributed by atoms with Gasteiger partial charge in [0, 0.05) is 11.0 Å². The van der Waals surface area contributed by atoms with Crippen LogP contribution in [0.5, 0.6) is 5.75 Å². The van der Waals surface area contributed by atoms with Crippen LogP contribution >= 0.6 is 11.6 Å². The topological polar surface area (TPSA) is 35.0 Å². The van der Waals surface area contributed by atoms with E-state index < -0.39 is 0 Å². The molecule has 0 aliphatic carbocycles. The summed E-state index contributed by atoms with van der Waals surface area (Å²) < 4.78 is 5.71. The van der Waals surface area contributed by atoms with Crippen LogP contribution in [0.3, 0.4) is 0 Å². The number of nitrogens with zero attached hydrogens (tertiary/aromatic N) is 2. The second-order valence-corrected chi connectivity index (χ2v) is 6.80. The molecule has 1 aliphatic heterocycles. The van der Waals surface area contributed by atoms with Crippen molar-refractivity contribution in [3.05, 3.63) is 52.6 Å². The number of aromatic nitrogens is 2. The van der Waals surface area contributed by atoms with E-state index in [1.807, 2.05) is 24.3 Å². The third-order valence-electron chi connectivity index (χ3n) is 3.75. The number of rotatable bonds is 1. The molecule has 0 bridgehead atoms. The highest BCUT2D eigenvalue weighted by Crippen LogP contribution is 2.37. The molecule has 2 aromatic rings. The highest BCUT2D eigenvalue weighted by Gasteiger charge is 2.27. The van der Waals surface area contributed by atoms with Crippen molar-refractivity contribution in [2.24, 2.45) is 0 Å². The number of halogens is 1. The van der Waals surface area contributed by atoms with Crippen molar-refractivity contribution in [3.63, 3.8) is 0 Å². The number of fused-ring (bicyclic) bond motifs is 1. The smallest absolute Gasteiger partial charge is 0.138 e. The molecule has 0 saturated carbocycles. The number of benzene rings is 1. The summed E-state index contributed by atoms with van der Waals surface area (Å²) in [4.78, 5) is 9.24. The Kier molecular flexibility index (Phi) is 3.62. The van der Waals surface area contributed by atoms with E-state index in [1.54, 1.807) is 0 Å². The van der Waals surface area contributed by atoms with Crippen molar-refractivity contribution in [2.75, 3.05) is 6.61 Å². The fourth-order valence-corrected chi connectivity index (χ4v) is 2.78. The summed E-state index contributed by atoms with van der Waals surface area (Å²) in [6.07, 6.45) is 0.876. The lowest BCUT2D eigenvalue weighted by atomic mass is 9.90. The quantitative estimate of drug-likeness (QED) is 0.735. The van der Waals surface area contributed by atoms with E-state index in [0.717, 1.165) is 29.3 Å². The zero-order valence-electron chi connectivity index (χ0n) is 12.6. The van der Waals surface area contributed by atoms with Crippen LogP contribution in [0.25, 0.3) is 0 Å². The first-order valence-corrected chi connectivity index (χ1v) is 7.59. The Morgan fingerprint density at radius 3 is 2.71 bits per heavy atom. The van der Waals surface area contributed by atoms with Crippen LogP contribution in [0.1, 0.15) is 50.2 Å². The minimum atomic E-state index is -0.0496. The third kappa shape index (κ3) is 2.88. The van der Waals surface area contributed by atoms with Gasteiger partial charge < -0.3 is 4.74 Å². The lowest BCUT2D eigenvalue weighted by molar-refractivity contribution is 0.274. The highest BCUT2D eigenvalue weighted by atomic mass is 35.5. The van der Waals surface area contributed by atoms with Crippen LogP contribution in [0.4, 0.5) is 0 Å². The van der Waals surface area contributed by atoms with Crippen LogP contribution in [0.15, 0.2) is 30.3 Å². The van der Waals surface area contributed by atoms with Gasteiger partial charge in [-0.1, -0.05) is 50.6 Å². The van der Waals surface area contributed by atoms with Gasteiger partial charge in [0.1, 0.15) is 16.7 Å². The van der Waals surface area contributed by atoms with Gasteiger partial charge in [0.05, 0.1) is 18.2 Å². The average molecular weight is 303 g/mol. The van der Waals surface area contributed by atoms with Crippen LogP contribution < -0.4 is 4.74 Å². The molecule has 0 radical (unpaired) electrons. The summed E-state index contributed by atoms with van der Waals surface area (Å²) in [5.41, 5.74) is 2.07. The summed E-state index contributed by atoms with van der Waals surface area (Å²) in [7, 11) is 0. The lowest BCUT2D eigenvalue weighted by Crippen LogP contribution is -2.20. The van der Waals surface area contributed by atoms with Gasteiger partial charge in [0.25, 0.3) is 0 Å². The second kappa shape index (κ2) is 5.30. The zero-order valence-corrected chi connectivity index (χ0v) is 13.3. The van der Waals surface area contributed by atoms with Crippen molar-refractivity contribution in [2.45, 2.75) is 38.5 Å². The Balaban J connectivity index is 2.08. The summed E-state index contributed by atoms with van der Waals surface area (Å²) in [6.45, 7) is 7.08. The van der Waals surface area contributed by atoms with Crippen molar-refractivity contribution in [1.82, 2.24) is 9.97 Å². The molecule has 1 aliphatic rings. The van der Waals surface area contributed by atoms with E-state index in [4.69, 9.17) is 21.3 Å². The first-order chi connectivity index (χ1) is 9.95. The molecule has 0 amide bonds. The molecule has 0 spiro atoms. The minimum absolute atomic E-state index is 0.0496. The van der Waals surface area contributed by atoms with Gasteiger partial charge in [-0.05, 0) is 18.6 Å². The lowest BCUT2D eigenvalue weighted by Gasteiger charge is -2.26. The fraction of sp³-hybridized carbons (Fsp3) is 0.412. The van der Waals surface area contributed by atoms with Gasteiger partial charge in [-0.2, -0.15) is 0 Å². The maximum atomic E-state index is 6.22. The molecule has 0 saturated heterocycles. The summed E-state index contributed by atoms with van der Waals surface area (Å²) >= 11 is 6.22. The molecule has 4 heteroatoms. The van der Waals surface area contributed by atoms with Crippen LogP contribution in [-0.4, -0.2) is 16.6 Å². The van der Waals surface area contributed by atoms with Crippen molar-refractivity contribution in [1.29, 1.82) is 0 Å². The molecule has 2 heterocycles. The number of ether oxygens (including phenoxy) is 1. The molecule has 1 unspecified atom stereocenters. The van der Waals surface area contributed by atoms with Crippen molar-refractivity contribution >= 4 is 11.6 Å². The summed E-state index contributed by atoms with van der Waals surface area (Å²) in [6, 6.07) is 9.95. The molecule has 110 valence electrons. The molecule has 0 fully saturated rings. The van der Waals surface area contributed by atoms with E-state index in [2.05, 4.69) is 31.8 Å².